The van der Waals surface area contributed by atoms with E-state index >= 15 is 0 Å². The van der Waals surface area contributed by atoms with Gasteiger partial charge < -0.3 is 9.13 Å². The Balaban J connectivity index is 1.21. The summed E-state index contributed by atoms with van der Waals surface area (Å²) < 4.78 is 4.50. The van der Waals surface area contributed by atoms with E-state index in [4.69, 9.17) is 4.98 Å². The molecule has 10 rings (SSSR count). The van der Waals surface area contributed by atoms with Crippen LogP contribution in [0.2, 0.25) is 0 Å². The van der Waals surface area contributed by atoms with Crippen LogP contribution < -0.4 is 0 Å². The Labute approximate surface area is 322 Å². The van der Waals surface area contributed by atoms with Crippen LogP contribution >= 0.6 is 0 Å². The number of benzene rings is 7. The number of aromatic nitrogens is 3. The molecule has 0 fully saturated rings. The second-order valence-corrected chi connectivity index (χ2v) is 13.7. The summed E-state index contributed by atoms with van der Waals surface area (Å²) in [5.41, 5.74) is 13.1. The minimum absolute atomic E-state index is 0.520. The molecular formula is C50H28N6. The van der Waals surface area contributed by atoms with Gasteiger partial charge in [0.25, 0.3) is 0 Å². The van der Waals surface area contributed by atoms with E-state index in [1.807, 2.05) is 78.9 Å². The lowest BCUT2D eigenvalue weighted by atomic mass is 10.00. The van der Waals surface area contributed by atoms with E-state index in [0.29, 0.717) is 22.4 Å². The third-order valence-electron chi connectivity index (χ3n) is 10.7. The molecule has 10 aromatic rings. The smallest absolute Gasteiger partial charge is 0.0999 e. The molecule has 0 unspecified atom stereocenters. The molecule has 0 amide bonds. The Morgan fingerprint density at radius 3 is 1.41 bits per heavy atom. The first kappa shape index (κ1) is 32.4. The zero-order chi connectivity index (χ0) is 37.8. The van der Waals surface area contributed by atoms with Crippen LogP contribution in [0, 0.1) is 34.0 Å². The molecule has 0 aliphatic carbocycles. The molecule has 6 nitrogen and oxygen atoms in total. The van der Waals surface area contributed by atoms with Crippen molar-refractivity contribution in [3.8, 4) is 63.1 Å². The van der Waals surface area contributed by atoms with Crippen molar-refractivity contribution in [1.29, 1.82) is 15.8 Å². The molecule has 0 N–H and O–H groups in total. The molecule has 0 aliphatic heterocycles. The van der Waals surface area contributed by atoms with Gasteiger partial charge >= 0.3 is 0 Å². The van der Waals surface area contributed by atoms with E-state index in [9.17, 15) is 15.8 Å². The maximum atomic E-state index is 10.7. The first-order valence-electron chi connectivity index (χ1n) is 18.2. The number of para-hydroxylation sites is 2. The van der Waals surface area contributed by atoms with Crippen LogP contribution in [-0.4, -0.2) is 14.1 Å². The molecule has 0 aliphatic rings. The Kier molecular flexibility index (Phi) is 7.53. The largest absolute Gasteiger partial charge is 0.309 e. The van der Waals surface area contributed by atoms with Gasteiger partial charge in [0.05, 0.1) is 74.0 Å². The van der Waals surface area contributed by atoms with Crippen LogP contribution in [0.15, 0.2) is 170 Å². The first-order chi connectivity index (χ1) is 27.6. The maximum absolute atomic E-state index is 10.7. The minimum Gasteiger partial charge on any atom is -0.309 e. The van der Waals surface area contributed by atoms with Crippen molar-refractivity contribution in [2.24, 2.45) is 0 Å². The molecule has 0 saturated carbocycles. The second-order valence-electron chi connectivity index (χ2n) is 13.7. The van der Waals surface area contributed by atoms with Crippen LogP contribution in [0.4, 0.5) is 0 Å². The fraction of sp³-hybridized carbons (Fsp3) is 0. The molecule has 0 bridgehead atoms. The Hall–Kier alpha value is -8.24. The Bertz CT molecular complexity index is 3330. The van der Waals surface area contributed by atoms with E-state index < -0.39 is 0 Å². The summed E-state index contributed by atoms with van der Waals surface area (Å²) in [4.78, 5) is 5.07. The predicted octanol–water partition coefficient (Wildman–Crippen LogP) is 11.9. The number of hydrogen-bond acceptors (Lipinski definition) is 4. The highest BCUT2D eigenvalue weighted by molar-refractivity contribution is 6.12. The lowest BCUT2D eigenvalue weighted by molar-refractivity contribution is 1.12. The summed E-state index contributed by atoms with van der Waals surface area (Å²) in [5.74, 6) is 0. The van der Waals surface area contributed by atoms with Gasteiger partial charge in [-0.15, -0.1) is 0 Å². The summed E-state index contributed by atoms with van der Waals surface area (Å²) in [7, 11) is 0. The number of pyridine rings is 1. The van der Waals surface area contributed by atoms with Crippen molar-refractivity contribution in [3.05, 3.63) is 187 Å². The van der Waals surface area contributed by atoms with E-state index in [1.54, 1.807) is 6.20 Å². The molecule has 7 aromatic carbocycles. The van der Waals surface area contributed by atoms with Gasteiger partial charge in [0, 0.05) is 33.3 Å². The highest BCUT2D eigenvalue weighted by Gasteiger charge is 2.23. The average molecular weight is 713 g/mol. The minimum atomic E-state index is 0.520. The van der Waals surface area contributed by atoms with Crippen LogP contribution in [0.5, 0.6) is 0 Å². The van der Waals surface area contributed by atoms with Gasteiger partial charge in [-0.25, -0.2) is 0 Å². The highest BCUT2D eigenvalue weighted by Crippen LogP contribution is 2.42. The number of nitriles is 3. The molecule has 3 heterocycles. The third kappa shape index (κ3) is 5.05. The predicted molar refractivity (Wildman–Crippen MR) is 223 cm³/mol. The second kappa shape index (κ2) is 13.0. The summed E-state index contributed by atoms with van der Waals surface area (Å²) in [5, 5.41) is 33.8. The summed E-state index contributed by atoms with van der Waals surface area (Å²) in [6.07, 6.45) is 1.80. The Morgan fingerprint density at radius 1 is 0.393 bits per heavy atom. The van der Waals surface area contributed by atoms with Gasteiger partial charge in [-0.05, 0) is 107 Å². The quantitative estimate of drug-likeness (QED) is 0.177. The molecule has 3 aromatic heterocycles. The average Bonchev–Trinajstić information content (AvgIpc) is 3.78. The Morgan fingerprint density at radius 2 is 0.875 bits per heavy atom. The van der Waals surface area contributed by atoms with Crippen LogP contribution in [0.25, 0.3) is 88.5 Å². The normalized spacial score (nSPS) is 11.2. The molecule has 6 heteroatoms. The third-order valence-corrected chi connectivity index (χ3v) is 10.7. The first-order valence-corrected chi connectivity index (χ1v) is 18.2. The number of rotatable bonds is 5. The monoisotopic (exact) mass is 712 g/mol. The van der Waals surface area contributed by atoms with Gasteiger partial charge in [0.1, 0.15) is 0 Å². The summed E-state index contributed by atoms with van der Waals surface area (Å²) >= 11 is 0. The van der Waals surface area contributed by atoms with Crippen molar-refractivity contribution in [3.63, 3.8) is 0 Å². The zero-order valence-electron chi connectivity index (χ0n) is 29.8. The van der Waals surface area contributed by atoms with Gasteiger partial charge in [-0.2, -0.15) is 15.8 Å². The fourth-order valence-electron chi connectivity index (χ4n) is 8.14. The number of fused-ring (bicyclic) bond motifs is 6. The van der Waals surface area contributed by atoms with Crippen LogP contribution in [-0.2, 0) is 0 Å². The van der Waals surface area contributed by atoms with Gasteiger partial charge in [-0.3, -0.25) is 4.98 Å². The van der Waals surface area contributed by atoms with Gasteiger partial charge in [0.15, 0.2) is 0 Å². The number of hydrogen-bond donors (Lipinski definition) is 0. The highest BCUT2D eigenvalue weighted by atomic mass is 15.0. The van der Waals surface area contributed by atoms with Crippen molar-refractivity contribution in [2.75, 3.05) is 0 Å². The van der Waals surface area contributed by atoms with Crippen LogP contribution in [0.3, 0.4) is 0 Å². The standard InChI is InChI=1S/C50H28N6/c51-29-32-14-18-34(19-15-32)36-22-24-45-41(27-36)39-8-1-3-10-43(39)55(45)47-12-5-7-38(31-53)49(47)50-48(13-6-26-54-50)56-44-11-4-2-9-40(44)42-28-37(23-25-46(42)56)35-20-16-33(30-52)17-21-35/h1-28H. The van der Waals surface area contributed by atoms with E-state index in [-0.39, 0.29) is 0 Å². The summed E-state index contributed by atoms with van der Waals surface area (Å²) in [6, 6.07) is 61.9. The molecular weight excluding hydrogens is 685 g/mol. The zero-order valence-corrected chi connectivity index (χ0v) is 29.8. The van der Waals surface area contributed by atoms with Crippen molar-refractivity contribution in [2.45, 2.75) is 0 Å². The van der Waals surface area contributed by atoms with Crippen molar-refractivity contribution in [1.82, 2.24) is 14.1 Å². The maximum Gasteiger partial charge on any atom is 0.0999 e. The van der Waals surface area contributed by atoms with Crippen molar-refractivity contribution < 1.29 is 0 Å². The van der Waals surface area contributed by atoms with E-state index in [2.05, 4.69) is 112 Å². The van der Waals surface area contributed by atoms with E-state index in [1.165, 1.54) is 0 Å². The fourth-order valence-corrected chi connectivity index (χ4v) is 8.14. The van der Waals surface area contributed by atoms with Crippen molar-refractivity contribution >= 4 is 43.6 Å². The molecule has 0 radical (unpaired) electrons. The molecule has 56 heavy (non-hydrogen) atoms. The van der Waals surface area contributed by atoms with Crippen LogP contribution in [0.1, 0.15) is 16.7 Å². The number of nitrogens with zero attached hydrogens (tertiary/aromatic N) is 6. The van der Waals surface area contributed by atoms with Gasteiger partial charge in [-0.1, -0.05) is 78.9 Å². The molecule has 0 atom stereocenters. The van der Waals surface area contributed by atoms with Gasteiger partial charge in [0.2, 0.25) is 0 Å². The molecule has 0 saturated heterocycles. The SMILES string of the molecule is N#Cc1ccc(-c2ccc3c(c2)c2ccccc2n3-c2cccnc2-c2c(C#N)cccc2-n2c3ccccc3c3cc(-c4ccc(C#N)cc4)ccc32)cc1. The summed E-state index contributed by atoms with van der Waals surface area (Å²) in [6.45, 7) is 0. The van der Waals surface area contributed by atoms with E-state index in [0.717, 1.165) is 82.8 Å². The topological polar surface area (TPSA) is 94.1 Å². The molecule has 0 spiro atoms. The molecule has 258 valence electrons. The lowest BCUT2D eigenvalue weighted by Crippen LogP contribution is -2.04. The lowest BCUT2D eigenvalue weighted by Gasteiger charge is -2.18.